The van der Waals surface area contributed by atoms with Crippen molar-refractivity contribution in [1.29, 1.82) is 0 Å². The average Bonchev–Trinajstić information content (AvgIpc) is 2.73. The molecule has 0 bridgehead atoms. The van der Waals surface area contributed by atoms with E-state index in [1.165, 1.54) is 18.2 Å². The predicted molar refractivity (Wildman–Crippen MR) is 111 cm³/mol. The minimum Gasteiger partial charge on any atom is -0.339 e. The molecule has 0 saturated carbocycles. The number of aromatic nitrogens is 1. The summed E-state index contributed by atoms with van der Waals surface area (Å²) in [7, 11) is -4.16. The average molecular weight is 435 g/mol. The molecular formula is C21H27FN4O3S. The number of carbonyl (C=O) groups is 1. The number of rotatable bonds is 7. The van der Waals surface area contributed by atoms with E-state index in [-0.39, 0.29) is 11.8 Å². The Hall–Kier alpha value is -2.36. The number of amides is 1. The summed E-state index contributed by atoms with van der Waals surface area (Å²) in [6.45, 7) is 6.72. The zero-order valence-corrected chi connectivity index (χ0v) is 18.0. The summed E-state index contributed by atoms with van der Waals surface area (Å²) < 4.78 is 41.8. The van der Waals surface area contributed by atoms with E-state index < -0.39 is 26.8 Å². The Bertz CT molecular complexity index is 961. The normalized spacial score (nSPS) is 16.6. The lowest BCUT2D eigenvalue weighted by atomic mass is 10.0. The first kappa shape index (κ1) is 22.3. The Morgan fingerprint density at radius 1 is 1.10 bits per heavy atom. The van der Waals surface area contributed by atoms with Gasteiger partial charge in [0.2, 0.25) is 15.9 Å². The predicted octanol–water partition coefficient (Wildman–Crippen LogP) is 1.87. The van der Waals surface area contributed by atoms with Crippen LogP contribution in [0.3, 0.4) is 0 Å². The van der Waals surface area contributed by atoms with E-state index in [4.69, 9.17) is 0 Å². The van der Waals surface area contributed by atoms with Crippen molar-refractivity contribution in [3.05, 3.63) is 60.2 Å². The monoisotopic (exact) mass is 434 g/mol. The molecule has 7 nitrogen and oxygen atoms in total. The van der Waals surface area contributed by atoms with Crippen molar-refractivity contribution >= 4 is 15.9 Å². The molecule has 30 heavy (non-hydrogen) atoms. The largest absolute Gasteiger partial charge is 0.339 e. The summed E-state index contributed by atoms with van der Waals surface area (Å²) in [6, 6.07) is 8.12. The second-order valence-electron chi connectivity index (χ2n) is 7.73. The molecule has 0 aliphatic carbocycles. The third-order valence-corrected chi connectivity index (χ3v) is 6.65. The van der Waals surface area contributed by atoms with Gasteiger partial charge in [0.15, 0.2) is 0 Å². The number of carbonyl (C=O) groups excluding carboxylic acids is 1. The highest BCUT2D eigenvalue weighted by molar-refractivity contribution is 7.89. The summed E-state index contributed by atoms with van der Waals surface area (Å²) in [4.78, 5) is 20.6. The Kier molecular flexibility index (Phi) is 7.17. The van der Waals surface area contributed by atoms with Gasteiger partial charge >= 0.3 is 0 Å². The van der Waals surface area contributed by atoms with E-state index in [0.717, 1.165) is 18.2 Å². The number of sulfonamides is 1. The second-order valence-corrected chi connectivity index (χ2v) is 9.41. The molecule has 1 saturated heterocycles. The standard InChI is InChI=1S/C21H27FN4O3S/c1-16(2)20(24-30(28,29)19-6-4-3-5-18(19)22)21(27)26-13-11-25(12-14-26)15-17-7-9-23-10-8-17/h3-10,16,20,24H,11-15H2,1-2H3/t20-/m0/s1. The van der Waals surface area contributed by atoms with Crippen molar-refractivity contribution < 1.29 is 17.6 Å². The number of hydrogen-bond donors (Lipinski definition) is 1. The Morgan fingerprint density at radius 2 is 1.73 bits per heavy atom. The number of pyridine rings is 1. The molecule has 1 aromatic carbocycles. The lowest BCUT2D eigenvalue weighted by Crippen LogP contribution is -2.56. The fourth-order valence-corrected chi connectivity index (χ4v) is 4.85. The maximum Gasteiger partial charge on any atom is 0.244 e. The molecule has 1 N–H and O–H groups in total. The van der Waals surface area contributed by atoms with Crippen LogP contribution in [0.2, 0.25) is 0 Å². The molecule has 0 unspecified atom stereocenters. The topological polar surface area (TPSA) is 82.6 Å². The zero-order chi connectivity index (χ0) is 21.7. The second kappa shape index (κ2) is 9.63. The van der Waals surface area contributed by atoms with Crippen molar-refractivity contribution in [1.82, 2.24) is 19.5 Å². The molecule has 2 aromatic rings. The molecule has 1 atom stereocenters. The molecule has 1 aliphatic rings. The molecule has 9 heteroatoms. The maximum absolute atomic E-state index is 14.0. The molecule has 0 spiro atoms. The van der Waals surface area contributed by atoms with Crippen LogP contribution >= 0.6 is 0 Å². The van der Waals surface area contributed by atoms with Gasteiger partial charge in [0, 0.05) is 45.1 Å². The minimum absolute atomic E-state index is 0.283. The number of halogens is 1. The maximum atomic E-state index is 14.0. The zero-order valence-electron chi connectivity index (χ0n) is 17.2. The Labute approximate surface area is 177 Å². The fraction of sp³-hybridized carbons (Fsp3) is 0.429. The van der Waals surface area contributed by atoms with Crippen LogP contribution in [0, 0.1) is 11.7 Å². The van der Waals surface area contributed by atoms with Gasteiger partial charge < -0.3 is 4.90 Å². The third-order valence-electron chi connectivity index (χ3n) is 5.18. The van der Waals surface area contributed by atoms with Gasteiger partial charge in [-0.2, -0.15) is 4.72 Å². The van der Waals surface area contributed by atoms with Gasteiger partial charge in [0.1, 0.15) is 16.8 Å². The molecule has 162 valence electrons. The highest BCUT2D eigenvalue weighted by Crippen LogP contribution is 2.17. The summed E-state index contributed by atoms with van der Waals surface area (Å²) in [5, 5.41) is 0. The highest BCUT2D eigenvalue weighted by atomic mass is 32.2. The van der Waals surface area contributed by atoms with Crippen LogP contribution in [0.5, 0.6) is 0 Å². The van der Waals surface area contributed by atoms with E-state index in [1.54, 1.807) is 31.1 Å². The number of benzene rings is 1. The van der Waals surface area contributed by atoms with Gasteiger partial charge in [0.05, 0.1) is 0 Å². The fourth-order valence-electron chi connectivity index (χ4n) is 3.43. The first-order chi connectivity index (χ1) is 14.3. The number of piperazine rings is 1. The van der Waals surface area contributed by atoms with Crippen molar-refractivity contribution in [3.63, 3.8) is 0 Å². The van der Waals surface area contributed by atoms with E-state index in [1.807, 2.05) is 12.1 Å². The van der Waals surface area contributed by atoms with E-state index in [0.29, 0.717) is 26.2 Å². The lowest BCUT2D eigenvalue weighted by molar-refractivity contribution is -0.135. The van der Waals surface area contributed by atoms with Crippen LogP contribution in [0.25, 0.3) is 0 Å². The van der Waals surface area contributed by atoms with Crippen molar-refractivity contribution in [2.45, 2.75) is 31.3 Å². The molecule has 1 aromatic heterocycles. The van der Waals surface area contributed by atoms with Gasteiger partial charge in [-0.25, -0.2) is 12.8 Å². The Balaban J connectivity index is 1.64. The number of hydrogen-bond acceptors (Lipinski definition) is 5. The van der Waals surface area contributed by atoms with Crippen LogP contribution < -0.4 is 4.72 Å². The van der Waals surface area contributed by atoms with E-state index >= 15 is 0 Å². The molecule has 0 radical (unpaired) electrons. The van der Waals surface area contributed by atoms with Crippen molar-refractivity contribution in [3.8, 4) is 0 Å². The van der Waals surface area contributed by atoms with Crippen LogP contribution in [-0.2, 0) is 21.4 Å². The number of nitrogens with one attached hydrogen (secondary N) is 1. The molecule has 3 rings (SSSR count). The van der Waals surface area contributed by atoms with Crippen LogP contribution in [0.1, 0.15) is 19.4 Å². The van der Waals surface area contributed by atoms with Gasteiger partial charge in [-0.15, -0.1) is 0 Å². The first-order valence-corrected chi connectivity index (χ1v) is 11.4. The van der Waals surface area contributed by atoms with Gasteiger partial charge in [0.25, 0.3) is 0 Å². The first-order valence-electron chi connectivity index (χ1n) is 9.95. The molecule has 1 amide bonds. The summed E-state index contributed by atoms with van der Waals surface area (Å²) in [5.41, 5.74) is 1.16. The number of nitrogens with zero attached hydrogens (tertiary/aromatic N) is 3. The third kappa shape index (κ3) is 5.41. The van der Waals surface area contributed by atoms with Crippen LogP contribution in [-0.4, -0.2) is 61.3 Å². The summed E-state index contributed by atoms with van der Waals surface area (Å²) >= 11 is 0. The SMILES string of the molecule is CC(C)[C@H](NS(=O)(=O)c1ccccc1F)C(=O)N1CCN(Cc2ccncc2)CC1. The van der Waals surface area contributed by atoms with Gasteiger partial charge in [-0.05, 0) is 35.7 Å². The molecular weight excluding hydrogens is 407 g/mol. The van der Waals surface area contributed by atoms with E-state index in [9.17, 15) is 17.6 Å². The lowest BCUT2D eigenvalue weighted by Gasteiger charge is -2.37. The highest BCUT2D eigenvalue weighted by Gasteiger charge is 2.33. The van der Waals surface area contributed by atoms with Crippen LogP contribution in [0.15, 0.2) is 53.7 Å². The van der Waals surface area contributed by atoms with Gasteiger partial charge in [-0.3, -0.25) is 14.7 Å². The minimum atomic E-state index is -4.16. The smallest absolute Gasteiger partial charge is 0.244 e. The van der Waals surface area contributed by atoms with Gasteiger partial charge in [-0.1, -0.05) is 26.0 Å². The quantitative estimate of drug-likeness (QED) is 0.719. The molecule has 2 heterocycles. The molecule has 1 fully saturated rings. The summed E-state index contributed by atoms with van der Waals surface area (Å²) in [6.07, 6.45) is 3.51. The van der Waals surface area contributed by atoms with E-state index in [2.05, 4.69) is 14.6 Å². The van der Waals surface area contributed by atoms with Crippen molar-refractivity contribution in [2.24, 2.45) is 5.92 Å². The summed E-state index contributed by atoms with van der Waals surface area (Å²) in [5.74, 6) is -1.41. The van der Waals surface area contributed by atoms with Crippen LogP contribution in [0.4, 0.5) is 4.39 Å². The molecule has 1 aliphatic heterocycles. The van der Waals surface area contributed by atoms with Crippen molar-refractivity contribution in [2.75, 3.05) is 26.2 Å². The Morgan fingerprint density at radius 3 is 2.33 bits per heavy atom.